The van der Waals surface area contributed by atoms with Gasteiger partial charge in [-0.25, -0.2) is 13.6 Å². The minimum absolute atomic E-state index is 0.243. The van der Waals surface area contributed by atoms with E-state index in [1.54, 1.807) is 5.38 Å². The molecule has 0 aliphatic heterocycles. The molecule has 1 aromatic carbocycles. The largest absolute Gasteiger partial charge is 0.496 e. The predicted octanol–water partition coefficient (Wildman–Crippen LogP) is 2.99. The summed E-state index contributed by atoms with van der Waals surface area (Å²) in [6, 6.07) is 2.59. The molecule has 1 aromatic heterocycles. The van der Waals surface area contributed by atoms with E-state index in [2.05, 4.69) is 5.32 Å². The Labute approximate surface area is 121 Å². The van der Waals surface area contributed by atoms with Crippen LogP contribution >= 0.6 is 11.3 Å². The lowest BCUT2D eigenvalue weighted by Gasteiger charge is -2.08. The first-order valence-corrected chi connectivity index (χ1v) is 6.46. The summed E-state index contributed by atoms with van der Waals surface area (Å²) in [6.07, 6.45) is 0. The highest BCUT2D eigenvalue weighted by atomic mass is 32.1. The van der Waals surface area contributed by atoms with Gasteiger partial charge in [0.2, 0.25) is 0 Å². The molecule has 0 fully saturated rings. The lowest BCUT2D eigenvalue weighted by molar-refractivity contribution is 0.0697. The second-order valence-electron chi connectivity index (χ2n) is 3.92. The van der Waals surface area contributed by atoms with Crippen LogP contribution in [0.5, 0.6) is 5.75 Å². The van der Waals surface area contributed by atoms with Crippen LogP contribution in [0.4, 0.5) is 14.5 Å². The number of carbonyl (C=O) groups is 2. The van der Waals surface area contributed by atoms with E-state index in [4.69, 9.17) is 9.84 Å². The van der Waals surface area contributed by atoms with Gasteiger partial charge in [-0.05, 0) is 6.07 Å². The summed E-state index contributed by atoms with van der Waals surface area (Å²) in [7, 11) is 1.43. The maximum absolute atomic E-state index is 13.2. The first kappa shape index (κ1) is 14.9. The molecule has 0 atom stereocenters. The molecule has 2 rings (SSSR count). The van der Waals surface area contributed by atoms with Gasteiger partial charge in [0.15, 0.2) is 11.6 Å². The van der Waals surface area contributed by atoms with Crippen molar-refractivity contribution in [1.82, 2.24) is 0 Å². The number of anilines is 1. The van der Waals surface area contributed by atoms with Crippen LogP contribution in [0.25, 0.3) is 0 Å². The number of ether oxygens (including phenoxy) is 1. The van der Waals surface area contributed by atoms with Crippen molar-refractivity contribution in [1.29, 1.82) is 0 Å². The van der Waals surface area contributed by atoms with Gasteiger partial charge in [0.25, 0.3) is 5.91 Å². The van der Waals surface area contributed by atoms with Gasteiger partial charge in [-0.1, -0.05) is 0 Å². The van der Waals surface area contributed by atoms with E-state index < -0.39 is 29.1 Å². The number of halogens is 2. The highest BCUT2D eigenvalue weighted by Crippen LogP contribution is 2.24. The monoisotopic (exact) mass is 313 g/mol. The van der Waals surface area contributed by atoms with Crippen molar-refractivity contribution in [2.45, 2.75) is 0 Å². The summed E-state index contributed by atoms with van der Waals surface area (Å²) in [5, 5.41) is 12.8. The molecule has 5 nitrogen and oxygen atoms in total. The Morgan fingerprint density at radius 2 is 1.90 bits per heavy atom. The normalized spacial score (nSPS) is 10.2. The fourth-order valence-electron chi connectivity index (χ4n) is 1.56. The fourth-order valence-corrected chi connectivity index (χ4v) is 2.31. The number of hydrogen-bond donors (Lipinski definition) is 2. The summed E-state index contributed by atoms with van der Waals surface area (Å²) in [5.41, 5.74) is -0.857. The Morgan fingerprint density at radius 1 is 1.24 bits per heavy atom. The molecule has 1 heterocycles. The number of rotatable bonds is 4. The van der Waals surface area contributed by atoms with E-state index in [0.29, 0.717) is 17.9 Å². The van der Waals surface area contributed by atoms with Crippen molar-refractivity contribution in [3.8, 4) is 5.75 Å². The van der Waals surface area contributed by atoms with Crippen molar-refractivity contribution in [2.75, 3.05) is 12.4 Å². The summed E-state index contributed by atoms with van der Waals surface area (Å²) in [5.74, 6) is -4.21. The third kappa shape index (κ3) is 3.16. The third-order valence-corrected chi connectivity index (χ3v) is 3.48. The number of aromatic carboxylic acids is 1. The lowest BCUT2D eigenvalue weighted by atomic mass is 10.1. The van der Waals surface area contributed by atoms with Crippen molar-refractivity contribution >= 4 is 28.9 Å². The number of benzene rings is 1. The highest BCUT2D eigenvalue weighted by Gasteiger charge is 2.18. The van der Waals surface area contributed by atoms with Gasteiger partial charge in [-0.2, -0.15) is 0 Å². The zero-order valence-corrected chi connectivity index (χ0v) is 11.5. The topological polar surface area (TPSA) is 75.6 Å². The van der Waals surface area contributed by atoms with Crippen LogP contribution in [0.2, 0.25) is 0 Å². The molecule has 2 aromatic rings. The summed E-state index contributed by atoms with van der Waals surface area (Å²) < 4.78 is 31.2. The minimum Gasteiger partial charge on any atom is -0.496 e. The zero-order chi connectivity index (χ0) is 15.6. The van der Waals surface area contributed by atoms with Crippen LogP contribution in [0.1, 0.15) is 20.0 Å². The summed E-state index contributed by atoms with van der Waals surface area (Å²) in [6.45, 7) is 0. The van der Waals surface area contributed by atoms with Crippen LogP contribution in [-0.2, 0) is 0 Å². The molecule has 0 spiro atoms. The molecule has 0 aliphatic rings. The first-order valence-electron chi connectivity index (χ1n) is 5.58. The summed E-state index contributed by atoms with van der Waals surface area (Å²) in [4.78, 5) is 23.2. The third-order valence-electron chi connectivity index (χ3n) is 2.57. The number of carboxylic acids is 1. The molecule has 1 amide bonds. The SMILES string of the molecule is COc1csc(C(=O)Nc2cc(F)c(F)cc2C(=O)O)c1. The van der Waals surface area contributed by atoms with Gasteiger partial charge >= 0.3 is 5.97 Å². The van der Waals surface area contributed by atoms with Crippen molar-refractivity contribution < 1.29 is 28.2 Å². The standard InChI is InChI=1S/C13H9F2NO4S/c1-20-6-2-11(21-5-6)12(17)16-10-4-9(15)8(14)3-7(10)13(18)19/h2-5H,1H3,(H,16,17)(H,18,19). The van der Waals surface area contributed by atoms with Gasteiger partial charge in [0.1, 0.15) is 5.75 Å². The molecular weight excluding hydrogens is 304 g/mol. The Balaban J connectivity index is 2.32. The summed E-state index contributed by atoms with van der Waals surface area (Å²) >= 11 is 1.07. The van der Waals surface area contributed by atoms with Crippen LogP contribution in [0.15, 0.2) is 23.6 Å². The number of amides is 1. The van der Waals surface area contributed by atoms with E-state index in [1.165, 1.54) is 13.2 Å². The quantitative estimate of drug-likeness (QED) is 0.910. The molecule has 8 heteroatoms. The maximum Gasteiger partial charge on any atom is 0.337 e. The van der Waals surface area contributed by atoms with Gasteiger partial charge in [-0.15, -0.1) is 11.3 Å². The van der Waals surface area contributed by atoms with E-state index >= 15 is 0 Å². The predicted molar refractivity (Wildman–Crippen MR) is 72.1 cm³/mol. The number of nitrogens with one attached hydrogen (secondary N) is 1. The van der Waals surface area contributed by atoms with E-state index in [1.807, 2.05) is 0 Å². The molecule has 0 saturated carbocycles. The van der Waals surface area contributed by atoms with E-state index in [-0.39, 0.29) is 10.6 Å². The second-order valence-corrected chi connectivity index (χ2v) is 4.83. The highest BCUT2D eigenvalue weighted by molar-refractivity contribution is 7.12. The average Bonchev–Trinajstić information content (AvgIpc) is 2.91. The smallest absolute Gasteiger partial charge is 0.337 e. The molecule has 0 aliphatic carbocycles. The Kier molecular flexibility index (Phi) is 4.18. The Hall–Kier alpha value is -2.48. The first-order chi connectivity index (χ1) is 9.92. The molecule has 0 bridgehead atoms. The number of carbonyl (C=O) groups excluding carboxylic acids is 1. The van der Waals surface area contributed by atoms with E-state index in [9.17, 15) is 18.4 Å². The molecule has 0 saturated heterocycles. The van der Waals surface area contributed by atoms with Crippen LogP contribution in [0, 0.1) is 11.6 Å². The molecule has 2 N–H and O–H groups in total. The van der Waals surface area contributed by atoms with Gasteiger partial charge in [0.05, 0.1) is 23.2 Å². The Bertz CT molecular complexity index is 714. The fraction of sp³-hybridized carbons (Fsp3) is 0.0769. The number of methoxy groups -OCH3 is 1. The zero-order valence-electron chi connectivity index (χ0n) is 10.6. The number of carboxylic acid groups (broad SMARTS) is 1. The number of thiophene rings is 1. The Morgan fingerprint density at radius 3 is 2.48 bits per heavy atom. The molecule has 0 radical (unpaired) electrons. The van der Waals surface area contributed by atoms with Crippen LogP contribution in [0.3, 0.4) is 0 Å². The van der Waals surface area contributed by atoms with Crippen molar-refractivity contribution in [3.63, 3.8) is 0 Å². The molecule has 0 unspecified atom stereocenters. The molecular formula is C13H9F2NO4S. The molecule has 110 valence electrons. The lowest BCUT2D eigenvalue weighted by Crippen LogP contribution is -2.14. The maximum atomic E-state index is 13.2. The van der Waals surface area contributed by atoms with Gasteiger partial charge < -0.3 is 15.2 Å². The van der Waals surface area contributed by atoms with Gasteiger partial charge in [-0.3, -0.25) is 4.79 Å². The van der Waals surface area contributed by atoms with Gasteiger partial charge in [0, 0.05) is 17.5 Å². The van der Waals surface area contributed by atoms with Crippen LogP contribution < -0.4 is 10.1 Å². The minimum atomic E-state index is -1.48. The van der Waals surface area contributed by atoms with E-state index in [0.717, 1.165) is 11.3 Å². The average molecular weight is 313 g/mol. The van der Waals surface area contributed by atoms with Crippen molar-refractivity contribution in [3.05, 3.63) is 45.7 Å². The van der Waals surface area contributed by atoms with Crippen molar-refractivity contribution in [2.24, 2.45) is 0 Å². The molecule has 21 heavy (non-hydrogen) atoms. The second kappa shape index (κ2) is 5.88. The van der Waals surface area contributed by atoms with Crippen LogP contribution in [-0.4, -0.2) is 24.1 Å². The number of hydrogen-bond acceptors (Lipinski definition) is 4.